The van der Waals surface area contributed by atoms with Crippen LogP contribution in [0.4, 0.5) is 8.78 Å². The smallest absolute Gasteiger partial charge is 0.130 e. The maximum absolute atomic E-state index is 14.2. The molecule has 2 rings (SSSR count). The van der Waals surface area contributed by atoms with Gasteiger partial charge in [0.25, 0.3) is 0 Å². The summed E-state index contributed by atoms with van der Waals surface area (Å²) >= 11 is 0. The Morgan fingerprint density at radius 3 is 2.89 bits per heavy atom. The number of alkyl halides is 2. The minimum absolute atomic E-state index is 0.0291. The van der Waals surface area contributed by atoms with Crippen LogP contribution < -0.4 is 0 Å². The number of rotatable bonds is 5. The second kappa shape index (κ2) is 5.92. The lowest BCUT2D eigenvalue weighted by Gasteiger charge is -2.40. The molecule has 1 fully saturated rings. The molecule has 18 heavy (non-hydrogen) atoms. The lowest BCUT2D eigenvalue weighted by molar-refractivity contribution is 0.0364. The molecule has 0 radical (unpaired) electrons. The summed E-state index contributed by atoms with van der Waals surface area (Å²) in [5.74, 6) is -0.0291. The lowest BCUT2D eigenvalue weighted by Crippen LogP contribution is -2.48. The summed E-state index contributed by atoms with van der Waals surface area (Å²) in [5.41, 5.74) is 1.06. The average Bonchev–Trinajstić information content (AvgIpc) is 2.37. The molecule has 96 valence electrons. The molecule has 1 aromatic rings. The minimum Gasteiger partial charge on any atom is -0.302 e. The Balaban J connectivity index is 1.89. The second-order valence-corrected chi connectivity index (χ2v) is 4.70. The van der Waals surface area contributed by atoms with Crippen molar-refractivity contribution in [2.45, 2.75) is 12.6 Å². The lowest BCUT2D eigenvalue weighted by atomic mass is 9.89. The predicted molar refractivity (Wildman–Crippen MR) is 65.5 cm³/mol. The highest BCUT2D eigenvalue weighted by Gasteiger charge is 2.34. The van der Waals surface area contributed by atoms with Crippen molar-refractivity contribution in [2.75, 3.05) is 26.3 Å². The molecular weight excluding hydrogens is 234 g/mol. The van der Waals surface area contributed by atoms with Gasteiger partial charge in [-0.15, -0.1) is 0 Å². The number of halogens is 2. The first kappa shape index (κ1) is 13.0. The Morgan fingerprint density at radius 1 is 1.44 bits per heavy atom. The highest BCUT2D eigenvalue weighted by Crippen LogP contribution is 2.33. The van der Waals surface area contributed by atoms with Crippen LogP contribution in [-0.4, -0.2) is 31.2 Å². The second-order valence-electron chi connectivity index (χ2n) is 4.70. The van der Waals surface area contributed by atoms with Crippen LogP contribution in [0.2, 0.25) is 0 Å². The van der Waals surface area contributed by atoms with Crippen molar-refractivity contribution in [2.24, 2.45) is 5.92 Å². The van der Waals surface area contributed by atoms with Crippen LogP contribution in [0.25, 0.3) is 0 Å². The number of benzene rings is 1. The molecule has 1 atom stereocenters. The number of nitriles is 1. The van der Waals surface area contributed by atoms with Crippen molar-refractivity contribution in [3.05, 3.63) is 35.4 Å². The standard InChI is InChI=1S/C14H16F2N2/c15-5-2-6-18-9-13(10-18)14(16)12-4-1-3-11(7-12)8-17/h1,3-4,7,13-14H,2,5-6,9-10H2. The fraction of sp³-hybridized carbons (Fsp3) is 0.500. The van der Waals surface area contributed by atoms with Crippen molar-refractivity contribution >= 4 is 0 Å². The maximum Gasteiger partial charge on any atom is 0.130 e. The van der Waals surface area contributed by atoms with Crippen LogP contribution in [0.15, 0.2) is 24.3 Å². The van der Waals surface area contributed by atoms with Crippen LogP contribution in [0.3, 0.4) is 0 Å². The van der Waals surface area contributed by atoms with Crippen LogP contribution >= 0.6 is 0 Å². The zero-order valence-electron chi connectivity index (χ0n) is 10.1. The summed E-state index contributed by atoms with van der Waals surface area (Å²) in [4.78, 5) is 2.06. The van der Waals surface area contributed by atoms with Gasteiger partial charge < -0.3 is 4.90 Å². The number of hydrogen-bond donors (Lipinski definition) is 0. The summed E-state index contributed by atoms with van der Waals surface area (Å²) in [5, 5.41) is 8.78. The largest absolute Gasteiger partial charge is 0.302 e. The molecule has 2 nitrogen and oxygen atoms in total. The van der Waals surface area contributed by atoms with Gasteiger partial charge in [0.05, 0.1) is 18.3 Å². The molecule has 1 aromatic carbocycles. The third-order valence-corrected chi connectivity index (χ3v) is 3.34. The first-order valence-corrected chi connectivity index (χ1v) is 6.17. The molecule has 0 aromatic heterocycles. The summed E-state index contributed by atoms with van der Waals surface area (Å²) in [6.07, 6.45) is -0.506. The topological polar surface area (TPSA) is 27.0 Å². The van der Waals surface area contributed by atoms with Crippen molar-refractivity contribution in [3.8, 4) is 6.07 Å². The maximum atomic E-state index is 14.2. The van der Waals surface area contributed by atoms with E-state index in [4.69, 9.17) is 5.26 Å². The number of likely N-dealkylation sites (tertiary alicyclic amines) is 1. The Bertz CT molecular complexity index is 436. The summed E-state index contributed by atoms with van der Waals surface area (Å²) < 4.78 is 26.2. The Labute approximate surface area is 106 Å². The van der Waals surface area contributed by atoms with E-state index >= 15 is 0 Å². The number of nitrogens with zero attached hydrogens (tertiary/aromatic N) is 2. The molecule has 0 spiro atoms. The van der Waals surface area contributed by atoms with Gasteiger partial charge in [0.15, 0.2) is 0 Å². The van der Waals surface area contributed by atoms with Crippen molar-refractivity contribution in [1.29, 1.82) is 5.26 Å². The van der Waals surface area contributed by atoms with E-state index in [0.717, 1.165) is 0 Å². The van der Waals surface area contributed by atoms with E-state index in [1.54, 1.807) is 24.3 Å². The van der Waals surface area contributed by atoms with Gasteiger partial charge >= 0.3 is 0 Å². The third kappa shape index (κ3) is 2.85. The fourth-order valence-electron chi connectivity index (χ4n) is 2.31. The van der Waals surface area contributed by atoms with E-state index in [9.17, 15) is 8.78 Å². The molecule has 0 N–H and O–H groups in total. The monoisotopic (exact) mass is 250 g/mol. The number of hydrogen-bond acceptors (Lipinski definition) is 2. The molecule has 1 unspecified atom stereocenters. The minimum atomic E-state index is -1.03. The van der Waals surface area contributed by atoms with Gasteiger partial charge in [0.1, 0.15) is 6.17 Å². The summed E-state index contributed by atoms with van der Waals surface area (Å²) in [7, 11) is 0. The van der Waals surface area contributed by atoms with E-state index in [1.165, 1.54) is 0 Å². The van der Waals surface area contributed by atoms with Gasteiger partial charge in [-0.05, 0) is 24.1 Å². The highest BCUT2D eigenvalue weighted by molar-refractivity contribution is 5.34. The molecule has 1 aliphatic heterocycles. The van der Waals surface area contributed by atoms with Crippen molar-refractivity contribution in [1.82, 2.24) is 4.90 Å². The molecule has 4 heteroatoms. The van der Waals surface area contributed by atoms with E-state index in [0.29, 0.717) is 37.2 Å². The molecule has 0 amide bonds. The quantitative estimate of drug-likeness (QED) is 0.803. The van der Waals surface area contributed by atoms with Gasteiger partial charge in [-0.1, -0.05) is 12.1 Å². The van der Waals surface area contributed by atoms with E-state index < -0.39 is 6.17 Å². The fourth-order valence-corrected chi connectivity index (χ4v) is 2.31. The summed E-state index contributed by atoms with van der Waals surface area (Å²) in [6, 6.07) is 8.72. The molecule has 0 saturated carbocycles. The third-order valence-electron chi connectivity index (χ3n) is 3.34. The van der Waals surface area contributed by atoms with Crippen LogP contribution in [0, 0.1) is 17.2 Å². The van der Waals surface area contributed by atoms with Gasteiger partial charge in [-0.25, -0.2) is 4.39 Å². The zero-order chi connectivity index (χ0) is 13.0. The van der Waals surface area contributed by atoms with E-state index in [2.05, 4.69) is 4.90 Å². The van der Waals surface area contributed by atoms with Crippen LogP contribution in [0.1, 0.15) is 23.7 Å². The Hall–Kier alpha value is -1.47. The molecule has 1 saturated heterocycles. The first-order valence-electron chi connectivity index (χ1n) is 6.17. The average molecular weight is 250 g/mol. The molecule has 1 heterocycles. The normalized spacial score (nSPS) is 18.1. The van der Waals surface area contributed by atoms with Crippen molar-refractivity contribution in [3.63, 3.8) is 0 Å². The SMILES string of the molecule is N#Cc1cccc(C(F)C2CN(CCCF)C2)c1. The molecule has 0 bridgehead atoms. The Morgan fingerprint density at radius 2 is 2.22 bits per heavy atom. The van der Waals surface area contributed by atoms with Crippen LogP contribution in [0.5, 0.6) is 0 Å². The first-order chi connectivity index (χ1) is 8.74. The van der Waals surface area contributed by atoms with E-state index in [1.807, 2.05) is 6.07 Å². The van der Waals surface area contributed by atoms with Crippen molar-refractivity contribution < 1.29 is 8.78 Å². The van der Waals surface area contributed by atoms with Crippen LogP contribution in [-0.2, 0) is 0 Å². The molecular formula is C14H16F2N2. The van der Waals surface area contributed by atoms with E-state index in [-0.39, 0.29) is 12.6 Å². The van der Waals surface area contributed by atoms with Gasteiger partial charge in [0, 0.05) is 25.6 Å². The van der Waals surface area contributed by atoms with Gasteiger partial charge in [-0.2, -0.15) is 5.26 Å². The zero-order valence-corrected chi connectivity index (χ0v) is 10.1. The Kier molecular flexibility index (Phi) is 4.27. The van der Waals surface area contributed by atoms with Gasteiger partial charge in [-0.3, -0.25) is 4.39 Å². The highest BCUT2D eigenvalue weighted by atomic mass is 19.1. The molecule has 0 aliphatic carbocycles. The predicted octanol–water partition coefficient (Wildman–Crippen LogP) is 2.86. The molecule has 1 aliphatic rings. The summed E-state index contributed by atoms with van der Waals surface area (Å²) in [6.45, 7) is 1.75. The van der Waals surface area contributed by atoms with Gasteiger partial charge in [0.2, 0.25) is 0 Å².